The molecule has 0 saturated carbocycles. The minimum absolute atomic E-state index is 0.324. The zero-order chi connectivity index (χ0) is 15.4. The van der Waals surface area contributed by atoms with Crippen molar-refractivity contribution < 1.29 is 9.53 Å². The molecule has 0 radical (unpaired) electrons. The van der Waals surface area contributed by atoms with E-state index in [1.54, 1.807) is 6.92 Å². The standard InChI is InChI=1S/C17H21NO2S/c1-4-11-9-7-8-10-13(11)15-12(5-2)14(18)16(21-15)17(19)20-6-3/h7-10H,4-6,18H2,1-3H3. The van der Waals surface area contributed by atoms with Crippen molar-refractivity contribution in [2.75, 3.05) is 12.3 Å². The SMILES string of the molecule is CCOC(=O)c1sc(-c2ccccc2CC)c(CC)c1N. The Hall–Kier alpha value is -1.81. The molecule has 0 fully saturated rings. The van der Waals surface area contributed by atoms with E-state index in [2.05, 4.69) is 26.0 Å². The Morgan fingerprint density at radius 3 is 2.52 bits per heavy atom. The molecule has 2 N–H and O–H groups in total. The predicted octanol–water partition coefficient (Wildman–Crippen LogP) is 4.30. The predicted molar refractivity (Wildman–Crippen MR) is 88.9 cm³/mol. The number of carbonyl (C=O) groups excluding carboxylic acids is 1. The van der Waals surface area contributed by atoms with E-state index in [4.69, 9.17) is 10.5 Å². The molecule has 3 nitrogen and oxygen atoms in total. The minimum atomic E-state index is -0.324. The molecular formula is C17H21NO2S. The summed E-state index contributed by atoms with van der Waals surface area (Å²) in [4.78, 5) is 13.7. The summed E-state index contributed by atoms with van der Waals surface area (Å²) in [6.45, 7) is 6.35. The van der Waals surface area contributed by atoms with E-state index in [0.29, 0.717) is 17.2 Å². The fraction of sp³-hybridized carbons (Fsp3) is 0.353. The van der Waals surface area contributed by atoms with Crippen LogP contribution in [0.2, 0.25) is 0 Å². The molecule has 0 atom stereocenters. The first-order chi connectivity index (χ1) is 10.1. The summed E-state index contributed by atoms with van der Waals surface area (Å²) in [5.74, 6) is -0.324. The molecule has 112 valence electrons. The molecule has 0 aliphatic carbocycles. The van der Waals surface area contributed by atoms with E-state index in [0.717, 1.165) is 23.3 Å². The second-order valence-corrected chi connectivity index (χ2v) is 5.76. The van der Waals surface area contributed by atoms with Crippen LogP contribution in [0.1, 0.15) is 41.6 Å². The summed E-state index contributed by atoms with van der Waals surface area (Å²) in [7, 11) is 0. The first-order valence-corrected chi connectivity index (χ1v) is 8.12. The van der Waals surface area contributed by atoms with Crippen molar-refractivity contribution in [3.8, 4) is 10.4 Å². The van der Waals surface area contributed by atoms with Crippen molar-refractivity contribution in [3.63, 3.8) is 0 Å². The molecule has 1 aromatic heterocycles. The van der Waals surface area contributed by atoms with E-state index in [9.17, 15) is 4.79 Å². The molecular weight excluding hydrogens is 282 g/mol. The number of rotatable bonds is 5. The molecule has 0 unspecified atom stereocenters. The van der Waals surface area contributed by atoms with Crippen molar-refractivity contribution in [3.05, 3.63) is 40.3 Å². The zero-order valence-electron chi connectivity index (χ0n) is 12.7. The number of hydrogen-bond acceptors (Lipinski definition) is 4. The van der Waals surface area contributed by atoms with E-state index in [1.807, 2.05) is 12.1 Å². The third-order valence-corrected chi connectivity index (χ3v) is 4.77. The van der Waals surface area contributed by atoms with Gasteiger partial charge in [-0.2, -0.15) is 0 Å². The lowest BCUT2D eigenvalue weighted by Gasteiger charge is -2.08. The first-order valence-electron chi connectivity index (χ1n) is 7.30. The average molecular weight is 303 g/mol. The average Bonchev–Trinajstić information content (AvgIpc) is 2.84. The fourth-order valence-corrected chi connectivity index (χ4v) is 3.71. The molecule has 0 bridgehead atoms. The number of carbonyl (C=O) groups is 1. The quantitative estimate of drug-likeness (QED) is 0.838. The molecule has 0 aliphatic rings. The number of ether oxygens (including phenoxy) is 1. The highest BCUT2D eigenvalue weighted by Gasteiger charge is 2.22. The second-order valence-electron chi connectivity index (χ2n) is 4.74. The number of thiophene rings is 1. The lowest BCUT2D eigenvalue weighted by Crippen LogP contribution is -2.05. The Morgan fingerprint density at radius 1 is 1.19 bits per heavy atom. The van der Waals surface area contributed by atoms with Gasteiger partial charge in [0, 0.05) is 4.88 Å². The van der Waals surface area contributed by atoms with E-state index in [-0.39, 0.29) is 5.97 Å². The van der Waals surface area contributed by atoms with E-state index < -0.39 is 0 Å². The van der Waals surface area contributed by atoms with Gasteiger partial charge in [-0.15, -0.1) is 11.3 Å². The van der Waals surface area contributed by atoms with Gasteiger partial charge in [-0.25, -0.2) is 4.79 Å². The third kappa shape index (κ3) is 2.95. The van der Waals surface area contributed by atoms with Gasteiger partial charge >= 0.3 is 5.97 Å². The lowest BCUT2D eigenvalue weighted by molar-refractivity contribution is 0.0533. The largest absolute Gasteiger partial charge is 0.462 e. The van der Waals surface area contributed by atoms with Crippen molar-refractivity contribution in [1.29, 1.82) is 0 Å². The van der Waals surface area contributed by atoms with Gasteiger partial charge in [0.25, 0.3) is 0 Å². The Bertz CT molecular complexity index is 646. The highest BCUT2D eigenvalue weighted by atomic mass is 32.1. The summed E-state index contributed by atoms with van der Waals surface area (Å²) >= 11 is 1.44. The van der Waals surface area contributed by atoms with Crippen LogP contribution < -0.4 is 5.73 Å². The number of nitrogen functional groups attached to an aromatic ring is 1. The van der Waals surface area contributed by atoms with Crippen molar-refractivity contribution >= 4 is 23.0 Å². The molecule has 0 aliphatic heterocycles. The van der Waals surface area contributed by atoms with Gasteiger partial charge in [-0.1, -0.05) is 38.1 Å². The Morgan fingerprint density at radius 2 is 1.90 bits per heavy atom. The maximum atomic E-state index is 12.0. The second kappa shape index (κ2) is 6.76. The molecule has 21 heavy (non-hydrogen) atoms. The molecule has 2 aromatic rings. The van der Waals surface area contributed by atoms with Crippen LogP contribution >= 0.6 is 11.3 Å². The van der Waals surface area contributed by atoms with Gasteiger partial charge in [0.2, 0.25) is 0 Å². The molecule has 1 heterocycles. The summed E-state index contributed by atoms with van der Waals surface area (Å²) < 4.78 is 5.11. The van der Waals surface area contributed by atoms with Crippen LogP contribution in [0.5, 0.6) is 0 Å². The molecule has 1 aromatic carbocycles. The molecule has 0 saturated heterocycles. The molecule has 0 amide bonds. The van der Waals surface area contributed by atoms with Gasteiger partial charge in [0.15, 0.2) is 0 Å². The number of benzene rings is 1. The number of esters is 1. The van der Waals surface area contributed by atoms with E-state index in [1.165, 1.54) is 22.5 Å². The Balaban J connectivity index is 2.58. The normalized spacial score (nSPS) is 10.6. The van der Waals surface area contributed by atoms with Crippen LogP contribution in [0, 0.1) is 0 Å². The van der Waals surface area contributed by atoms with Crippen LogP contribution in [0.4, 0.5) is 5.69 Å². The molecule has 0 spiro atoms. The van der Waals surface area contributed by atoms with Gasteiger partial charge in [-0.3, -0.25) is 0 Å². The van der Waals surface area contributed by atoms with Gasteiger partial charge < -0.3 is 10.5 Å². The summed E-state index contributed by atoms with van der Waals surface area (Å²) in [6.07, 6.45) is 1.75. The number of anilines is 1. The topological polar surface area (TPSA) is 52.3 Å². The maximum absolute atomic E-state index is 12.0. The maximum Gasteiger partial charge on any atom is 0.350 e. The minimum Gasteiger partial charge on any atom is -0.462 e. The molecule has 2 rings (SSSR count). The number of hydrogen-bond donors (Lipinski definition) is 1. The van der Waals surface area contributed by atoms with Gasteiger partial charge in [0.05, 0.1) is 12.3 Å². The number of nitrogens with two attached hydrogens (primary N) is 1. The molecule has 4 heteroatoms. The van der Waals surface area contributed by atoms with Gasteiger partial charge in [0.1, 0.15) is 4.88 Å². The smallest absolute Gasteiger partial charge is 0.350 e. The van der Waals surface area contributed by atoms with Gasteiger partial charge in [-0.05, 0) is 36.5 Å². The first kappa shape index (κ1) is 15.6. The van der Waals surface area contributed by atoms with E-state index >= 15 is 0 Å². The van der Waals surface area contributed by atoms with Crippen LogP contribution in [0.15, 0.2) is 24.3 Å². The van der Waals surface area contributed by atoms with Crippen molar-refractivity contribution in [2.24, 2.45) is 0 Å². The third-order valence-electron chi connectivity index (χ3n) is 3.51. The summed E-state index contributed by atoms with van der Waals surface area (Å²) in [5, 5.41) is 0. The van der Waals surface area contributed by atoms with Crippen LogP contribution in [-0.2, 0) is 17.6 Å². The number of aryl methyl sites for hydroxylation is 1. The highest BCUT2D eigenvalue weighted by Crippen LogP contribution is 2.40. The Kier molecular flexibility index (Phi) is 5.02. The van der Waals surface area contributed by atoms with Crippen molar-refractivity contribution in [2.45, 2.75) is 33.6 Å². The lowest BCUT2D eigenvalue weighted by atomic mass is 10.00. The summed E-state index contributed by atoms with van der Waals surface area (Å²) in [6, 6.07) is 8.28. The fourth-order valence-electron chi connectivity index (χ4n) is 2.44. The van der Waals surface area contributed by atoms with Crippen LogP contribution in [0.25, 0.3) is 10.4 Å². The van der Waals surface area contributed by atoms with Crippen molar-refractivity contribution in [1.82, 2.24) is 0 Å². The zero-order valence-corrected chi connectivity index (χ0v) is 13.5. The monoisotopic (exact) mass is 303 g/mol. The van der Waals surface area contributed by atoms with Crippen LogP contribution in [-0.4, -0.2) is 12.6 Å². The Labute approximate surface area is 129 Å². The summed E-state index contributed by atoms with van der Waals surface area (Å²) in [5.41, 5.74) is 10.2. The highest BCUT2D eigenvalue weighted by molar-refractivity contribution is 7.18. The van der Waals surface area contributed by atoms with Crippen LogP contribution in [0.3, 0.4) is 0 Å².